The second kappa shape index (κ2) is 5.65. The van der Waals surface area contributed by atoms with Crippen LogP contribution in [0, 0.1) is 0 Å². The average Bonchev–Trinajstić information content (AvgIpc) is 2.25. The topological polar surface area (TPSA) is 34.1 Å². The Balaban J connectivity index is 2.77. The van der Waals surface area contributed by atoms with E-state index in [1.54, 1.807) is 12.2 Å². The van der Waals surface area contributed by atoms with Crippen molar-refractivity contribution >= 4 is 24.7 Å². The lowest BCUT2D eigenvalue weighted by Gasteiger charge is -1.94. The molecule has 1 aromatic rings. The van der Waals surface area contributed by atoms with Gasteiger partial charge in [0.1, 0.15) is 12.6 Å². The molecule has 0 aromatic heterocycles. The molecular weight excluding hydrogens is 176 g/mol. The van der Waals surface area contributed by atoms with Gasteiger partial charge in [0, 0.05) is 0 Å². The second-order valence-electron chi connectivity index (χ2n) is 2.66. The summed E-state index contributed by atoms with van der Waals surface area (Å²) in [5.74, 6) is 0. The molecule has 0 bridgehead atoms. The summed E-state index contributed by atoms with van der Waals surface area (Å²) in [5, 5.41) is 0. The van der Waals surface area contributed by atoms with Gasteiger partial charge in [-0.25, -0.2) is 0 Å². The van der Waals surface area contributed by atoms with Crippen LogP contribution in [0.2, 0.25) is 0 Å². The Morgan fingerprint density at radius 3 is 1.36 bits per heavy atom. The highest BCUT2D eigenvalue weighted by Gasteiger charge is 1.87. The predicted octanol–water partition coefficient (Wildman–Crippen LogP) is 2.11. The van der Waals surface area contributed by atoms with Crippen LogP contribution in [-0.2, 0) is 9.59 Å². The minimum absolute atomic E-state index is 0.736. The summed E-state index contributed by atoms with van der Waals surface area (Å²) in [6.07, 6.45) is 7.80. The van der Waals surface area contributed by atoms with Gasteiger partial charge in [0.05, 0.1) is 0 Å². The number of rotatable bonds is 4. The molecule has 0 radical (unpaired) electrons. The lowest BCUT2D eigenvalue weighted by molar-refractivity contribution is -0.104. The number of hydrogen-bond acceptors (Lipinski definition) is 2. The molecular formula is C12H10O2. The monoisotopic (exact) mass is 186 g/mol. The summed E-state index contributed by atoms with van der Waals surface area (Å²) in [7, 11) is 0. The molecule has 0 unspecified atom stereocenters. The maximum absolute atomic E-state index is 10.0. The van der Waals surface area contributed by atoms with Gasteiger partial charge in [0.15, 0.2) is 0 Å². The van der Waals surface area contributed by atoms with Gasteiger partial charge in [-0.1, -0.05) is 36.4 Å². The number of carbonyl (C=O) groups excluding carboxylic acids is 2. The molecule has 1 rings (SSSR count). The first kappa shape index (κ1) is 10.1. The highest BCUT2D eigenvalue weighted by Crippen LogP contribution is 2.07. The fraction of sp³-hybridized carbons (Fsp3) is 0. The highest BCUT2D eigenvalue weighted by molar-refractivity contribution is 5.75. The van der Waals surface area contributed by atoms with Crippen LogP contribution in [0.15, 0.2) is 36.4 Å². The van der Waals surface area contributed by atoms with Crippen LogP contribution in [0.4, 0.5) is 0 Å². The van der Waals surface area contributed by atoms with Gasteiger partial charge in [0.2, 0.25) is 0 Å². The van der Waals surface area contributed by atoms with Crippen molar-refractivity contribution < 1.29 is 9.59 Å². The molecule has 70 valence electrons. The first-order valence-electron chi connectivity index (χ1n) is 4.20. The van der Waals surface area contributed by atoms with Crippen LogP contribution in [0.3, 0.4) is 0 Å². The Morgan fingerprint density at radius 2 is 1.07 bits per heavy atom. The SMILES string of the molecule is O=CC=Cc1ccc(/C=C/C=O)cc1. The summed E-state index contributed by atoms with van der Waals surface area (Å²) in [6.45, 7) is 0. The van der Waals surface area contributed by atoms with Crippen molar-refractivity contribution in [3.05, 3.63) is 47.5 Å². The minimum atomic E-state index is 0.736. The van der Waals surface area contributed by atoms with Gasteiger partial charge >= 0.3 is 0 Å². The molecule has 0 atom stereocenters. The molecule has 2 heteroatoms. The summed E-state index contributed by atoms with van der Waals surface area (Å²) in [4.78, 5) is 20.1. The second-order valence-corrected chi connectivity index (χ2v) is 2.66. The van der Waals surface area contributed by atoms with Crippen LogP contribution in [-0.4, -0.2) is 12.6 Å². The fourth-order valence-electron chi connectivity index (χ4n) is 1.02. The van der Waals surface area contributed by atoms with E-state index in [1.807, 2.05) is 24.3 Å². The molecule has 0 saturated carbocycles. The molecule has 0 aliphatic rings. The number of benzene rings is 1. The van der Waals surface area contributed by atoms with Crippen molar-refractivity contribution in [3.8, 4) is 0 Å². The Hall–Kier alpha value is -1.96. The van der Waals surface area contributed by atoms with Crippen molar-refractivity contribution in [2.45, 2.75) is 0 Å². The molecule has 0 N–H and O–H groups in total. The largest absolute Gasteiger partial charge is 0.299 e. The quantitative estimate of drug-likeness (QED) is 0.533. The van der Waals surface area contributed by atoms with E-state index in [0.29, 0.717) is 0 Å². The van der Waals surface area contributed by atoms with Crippen LogP contribution < -0.4 is 0 Å². The summed E-state index contributed by atoms with van der Waals surface area (Å²) in [6, 6.07) is 7.52. The minimum Gasteiger partial charge on any atom is -0.299 e. The lowest BCUT2D eigenvalue weighted by Crippen LogP contribution is -1.74. The third-order valence-corrected chi connectivity index (χ3v) is 1.67. The molecule has 0 amide bonds. The molecule has 0 aliphatic carbocycles. The number of carbonyl (C=O) groups is 2. The molecule has 0 heterocycles. The van der Waals surface area contributed by atoms with Crippen molar-refractivity contribution in [1.82, 2.24) is 0 Å². The van der Waals surface area contributed by atoms with E-state index in [1.165, 1.54) is 12.2 Å². The standard InChI is InChI=1S/C12H10O2/c13-9-1-3-11-5-7-12(8-6-11)4-2-10-14/h1-10H/b3-1+,4-2?. The van der Waals surface area contributed by atoms with Gasteiger partial charge in [-0.2, -0.15) is 0 Å². The zero-order chi connectivity index (χ0) is 10.2. The zero-order valence-corrected chi connectivity index (χ0v) is 7.59. The van der Waals surface area contributed by atoms with Gasteiger partial charge in [0.25, 0.3) is 0 Å². The number of aldehydes is 2. The van der Waals surface area contributed by atoms with Gasteiger partial charge in [-0.15, -0.1) is 0 Å². The molecule has 0 saturated heterocycles. The van der Waals surface area contributed by atoms with Crippen LogP contribution in [0.25, 0.3) is 12.2 Å². The van der Waals surface area contributed by atoms with E-state index in [9.17, 15) is 9.59 Å². The van der Waals surface area contributed by atoms with Crippen molar-refractivity contribution in [1.29, 1.82) is 0 Å². The van der Waals surface area contributed by atoms with Crippen LogP contribution in [0.1, 0.15) is 11.1 Å². The van der Waals surface area contributed by atoms with E-state index in [2.05, 4.69) is 0 Å². The maximum atomic E-state index is 10.0. The van der Waals surface area contributed by atoms with Crippen LogP contribution in [0.5, 0.6) is 0 Å². The van der Waals surface area contributed by atoms with E-state index >= 15 is 0 Å². The first-order chi connectivity index (χ1) is 6.86. The van der Waals surface area contributed by atoms with Crippen molar-refractivity contribution in [2.24, 2.45) is 0 Å². The third kappa shape index (κ3) is 3.19. The molecule has 1 aromatic carbocycles. The highest BCUT2D eigenvalue weighted by atomic mass is 16.1. The Kier molecular flexibility index (Phi) is 4.08. The molecule has 0 fully saturated rings. The number of allylic oxidation sites excluding steroid dienone is 2. The molecule has 2 nitrogen and oxygen atoms in total. The van der Waals surface area contributed by atoms with Gasteiger partial charge < -0.3 is 0 Å². The zero-order valence-electron chi connectivity index (χ0n) is 7.59. The van der Waals surface area contributed by atoms with E-state index < -0.39 is 0 Å². The van der Waals surface area contributed by atoms with Gasteiger partial charge in [-0.05, 0) is 23.3 Å². The predicted molar refractivity (Wildman–Crippen MR) is 56.6 cm³/mol. The van der Waals surface area contributed by atoms with Crippen molar-refractivity contribution in [2.75, 3.05) is 0 Å². The van der Waals surface area contributed by atoms with E-state index in [4.69, 9.17) is 0 Å². The molecule has 14 heavy (non-hydrogen) atoms. The fourth-order valence-corrected chi connectivity index (χ4v) is 1.02. The Labute approximate surface area is 82.6 Å². The van der Waals surface area contributed by atoms with Gasteiger partial charge in [-0.3, -0.25) is 9.59 Å². The number of hydrogen-bond donors (Lipinski definition) is 0. The summed E-state index contributed by atoms with van der Waals surface area (Å²) >= 11 is 0. The Bertz CT molecular complexity index is 321. The van der Waals surface area contributed by atoms with Crippen molar-refractivity contribution in [3.63, 3.8) is 0 Å². The average molecular weight is 186 g/mol. The molecule has 0 aliphatic heterocycles. The van der Waals surface area contributed by atoms with E-state index in [-0.39, 0.29) is 0 Å². The lowest BCUT2D eigenvalue weighted by atomic mass is 10.1. The summed E-state index contributed by atoms with van der Waals surface area (Å²) in [5.41, 5.74) is 1.92. The maximum Gasteiger partial charge on any atom is 0.142 e. The smallest absolute Gasteiger partial charge is 0.142 e. The summed E-state index contributed by atoms with van der Waals surface area (Å²) < 4.78 is 0. The normalized spacial score (nSPS) is 10.9. The third-order valence-electron chi connectivity index (χ3n) is 1.67. The first-order valence-corrected chi connectivity index (χ1v) is 4.20. The van der Waals surface area contributed by atoms with Crippen LogP contribution >= 0.6 is 0 Å². The molecule has 0 spiro atoms. The Morgan fingerprint density at radius 1 is 0.714 bits per heavy atom. The van der Waals surface area contributed by atoms with E-state index in [0.717, 1.165) is 23.7 Å².